The molecule has 1 saturated heterocycles. The third-order valence-electron chi connectivity index (χ3n) is 2.62. The summed E-state index contributed by atoms with van der Waals surface area (Å²) in [5.41, 5.74) is 1.58. The van der Waals surface area contributed by atoms with Gasteiger partial charge in [0.25, 0.3) is 0 Å². The molecule has 0 saturated carbocycles. The first-order chi connectivity index (χ1) is 6.45. The molecule has 70 valence electrons. The Balaban J connectivity index is 1.90. The van der Waals surface area contributed by atoms with Crippen molar-refractivity contribution in [2.24, 2.45) is 0 Å². The normalized spacial score (nSPS) is 28.5. The lowest BCUT2D eigenvalue weighted by molar-refractivity contribution is 0.417. The highest BCUT2D eigenvalue weighted by Gasteiger charge is 2.16. The van der Waals surface area contributed by atoms with Crippen molar-refractivity contribution in [2.45, 2.75) is 6.04 Å². The molecule has 0 spiro atoms. The largest absolute Gasteiger partial charge is 0.432 e. The summed E-state index contributed by atoms with van der Waals surface area (Å²) >= 11 is 0. The summed E-state index contributed by atoms with van der Waals surface area (Å²) in [6, 6.07) is 12.5. The fourth-order valence-corrected chi connectivity index (χ4v) is 46.2. The van der Waals surface area contributed by atoms with Crippen molar-refractivity contribution in [1.29, 1.82) is 0 Å². The van der Waals surface area contributed by atoms with Crippen LogP contribution in [-0.2, 0) is 10.5 Å². The highest BCUT2D eigenvalue weighted by Crippen LogP contribution is 2.03. The van der Waals surface area contributed by atoms with Crippen LogP contribution in [0, 0.1) is 0 Å². The van der Waals surface area contributed by atoms with Gasteiger partial charge in [0, 0.05) is 23.3 Å². The molecule has 0 radical (unpaired) electrons. The van der Waals surface area contributed by atoms with Crippen LogP contribution in [0.15, 0.2) is 30.3 Å². The van der Waals surface area contributed by atoms with Gasteiger partial charge in [-0.05, 0) is 6.04 Å². The molecule has 0 aromatic heterocycles. The fourth-order valence-electron chi connectivity index (χ4n) is 1.92. The molecule has 1 aliphatic rings. The molecule has 1 atom stereocenters. The maximum absolute atomic E-state index is 5.75. The maximum Gasteiger partial charge on any atom is 0.139 e. The summed E-state index contributed by atoms with van der Waals surface area (Å²) in [5, 5.41) is 0. The summed E-state index contributed by atoms with van der Waals surface area (Å²) in [4.78, 5) is 0. The van der Waals surface area contributed by atoms with E-state index in [0.717, 1.165) is 0 Å². The zero-order chi connectivity index (χ0) is 8.93. The van der Waals surface area contributed by atoms with Gasteiger partial charge in [0.1, 0.15) is 9.28 Å². The molecule has 0 N–H and O–H groups in total. The minimum Gasteiger partial charge on any atom is -0.432 e. The van der Waals surface area contributed by atoms with E-state index >= 15 is 0 Å². The van der Waals surface area contributed by atoms with Crippen LogP contribution in [0.2, 0.25) is 0 Å². The molecule has 1 aromatic rings. The Morgan fingerprint density at radius 1 is 1.31 bits per heavy atom. The second kappa shape index (κ2) is 5.06. The van der Waals surface area contributed by atoms with Gasteiger partial charge in [-0.1, -0.05) is 35.9 Å². The van der Waals surface area contributed by atoms with E-state index in [1.807, 2.05) is 0 Å². The summed E-state index contributed by atoms with van der Waals surface area (Å²) in [6.45, 7) is 0. The van der Waals surface area contributed by atoms with Crippen LogP contribution in [0.25, 0.3) is 0 Å². The van der Waals surface area contributed by atoms with E-state index in [1.165, 1.54) is 12.3 Å². The fraction of sp³-hybridized carbons (Fsp3) is 0.250. The smallest absolute Gasteiger partial charge is 0.139 e. The molecular formula is C8H16OSi4. The van der Waals surface area contributed by atoms with Crippen molar-refractivity contribution in [3.05, 3.63) is 35.9 Å². The Morgan fingerprint density at radius 3 is 2.85 bits per heavy atom. The van der Waals surface area contributed by atoms with Crippen LogP contribution < -0.4 is 0 Å². The van der Waals surface area contributed by atoms with E-state index in [9.17, 15) is 0 Å². The molecule has 1 fully saturated rings. The lowest BCUT2D eigenvalue weighted by Gasteiger charge is -2.19. The molecule has 0 bridgehead atoms. The van der Waals surface area contributed by atoms with Crippen LogP contribution in [-0.4, -0.2) is 40.9 Å². The molecule has 0 aliphatic carbocycles. The van der Waals surface area contributed by atoms with E-state index in [1.54, 1.807) is 5.56 Å². The van der Waals surface area contributed by atoms with Gasteiger partial charge < -0.3 is 4.43 Å². The van der Waals surface area contributed by atoms with Crippen LogP contribution in [0.4, 0.5) is 0 Å². The summed E-state index contributed by atoms with van der Waals surface area (Å²) in [5.74, 6) is 0. The molecule has 1 nitrogen and oxygen atoms in total. The van der Waals surface area contributed by atoms with Gasteiger partial charge in [0.15, 0.2) is 0 Å². The number of hydrogen-bond donors (Lipinski definition) is 0. The van der Waals surface area contributed by atoms with Gasteiger partial charge in [0.2, 0.25) is 0 Å². The van der Waals surface area contributed by atoms with E-state index in [4.69, 9.17) is 4.43 Å². The molecule has 1 aromatic carbocycles. The number of benzene rings is 1. The molecular weight excluding hydrogens is 224 g/mol. The summed E-state index contributed by atoms with van der Waals surface area (Å²) in [7, 11) is 0.739. The van der Waals surface area contributed by atoms with Crippen LogP contribution in [0.1, 0.15) is 5.56 Å². The first kappa shape index (κ1) is 9.60. The average Bonchev–Trinajstić information content (AvgIpc) is 2.21. The van der Waals surface area contributed by atoms with Gasteiger partial charge in [0.05, 0.1) is 8.31 Å². The molecule has 13 heavy (non-hydrogen) atoms. The predicted octanol–water partition coefficient (Wildman–Crippen LogP) is -1.69. The quantitative estimate of drug-likeness (QED) is 0.561. The summed E-state index contributed by atoms with van der Waals surface area (Å²) in [6.07, 6.45) is 1.25. The standard InChI is InChI=1S/C8H16OSi4/c1-2-4-8(5-3-1)6-13-7-9-10-11-12-13/h1-5,13H,6-7,10-12H2. The third kappa shape index (κ3) is 3.03. The van der Waals surface area contributed by atoms with Crippen molar-refractivity contribution in [2.75, 3.05) is 6.23 Å². The van der Waals surface area contributed by atoms with E-state index in [2.05, 4.69) is 30.3 Å². The van der Waals surface area contributed by atoms with Crippen LogP contribution in [0.5, 0.6) is 0 Å². The Hall–Kier alpha value is 0.0475. The highest BCUT2D eigenvalue weighted by atomic mass is 29.7. The SMILES string of the molecule is c1ccc(C[SiH]2CO[SiH2][SiH2][SiH2]2)cc1. The van der Waals surface area contributed by atoms with Gasteiger partial charge in [-0.3, -0.25) is 0 Å². The first-order valence-electron chi connectivity index (χ1n) is 5.07. The first-order valence-corrected chi connectivity index (χ1v) is 18.5. The summed E-state index contributed by atoms with van der Waals surface area (Å²) < 4.78 is 5.75. The molecule has 5 heteroatoms. The second-order valence-electron chi connectivity index (χ2n) is 3.77. The Morgan fingerprint density at radius 2 is 2.15 bits per heavy atom. The monoisotopic (exact) mass is 240 g/mol. The average molecular weight is 241 g/mol. The van der Waals surface area contributed by atoms with Crippen LogP contribution >= 0.6 is 0 Å². The van der Waals surface area contributed by atoms with Gasteiger partial charge in [-0.2, -0.15) is 0 Å². The van der Waals surface area contributed by atoms with Crippen molar-refractivity contribution >= 4 is 34.7 Å². The van der Waals surface area contributed by atoms with Crippen molar-refractivity contribution < 1.29 is 4.43 Å². The number of hydrogen-bond acceptors (Lipinski definition) is 1. The predicted molar refractivity (Wildman–Crippen MR) is 68.9 cm³/mol. The molecule has 1 unspecified atom stereocenters. The van der Waals surface area contributed by atoms with E-state index < -0.39 is 0 Å². The highest BCUT2D eigenvalue weighted by molar-refractivity contribution is 7.48. The molecule has 0 amide bonds. The minimum atomic E-state index is -0.340. The lowest BCUT2D eigenvalue weighted by atomic mass is 10.2. The van der Waals surface area contributed by atoms with Crippen molar-refractivity contribution in [3.8, 4) is 0 Å². The van der Waals surface area contributed by atoms with Crippen LogP contribution in [0.3, 0.4) is 0 Å². The van der Waals surface area contributed by atoms with Crippen molar-refractivity contribution in [3.63, 3.8) is 0 Å². The lowest BCUT2D eigenvalue weighted by Crippen LogP contribution is -2.43. The van der Waals surface area contributed by atoms with Gasteiger partial charge in [-0.25, -0.2) is 0 Å². The van der Waals surface area contributed by atoms with E-state index in [-0.39, 0.29) is 17.6 Å². The van der Waals surface area contributed by atoms with E-state index in [0.29, 0.717) is 17.1 Å². The Kier molecular flexibility index (Phi) is 3.73. The Labute approximate surface area is 87.5 Å². The molecule has 1 aliphatic heterocycles. The maximum atomic E-state index is 5.75. The van der Waals surface area contributed by atoms with Gasteiger partial charge in [-0.15, -0.1) is 0 Å². The zero-order valence-corrected chi connectivity index (χ0v) is 13.3. The van der Waals surface area contributed by atoms with Gasteiger partial charge >= 0.3 is 0 Å². The Bertz CT molecular complexity index is 248. The zero-order valence-electron chi connectivity index (χ0n) is 7.91. The third-order valence-corrected chi connectivity index (χ3v) is 38.5. The second-order valence-corrected chi connectivity index (χ2v) is 28.4. The van der Waals surface area contributed by atoms with Crippen molar-refractivity contribution in [1.82, 2.24) is 0 Å². The minimum absolute atomic E-state index is 0.123. The molecule has 1 heterocycles. The topological polar surface area (TPSA) is 9.23 Å². The number of rotatable bonds is 2. The molecule has 2 rings (SSSR count).